The van der Waals surface area contributed by atoms with Gasteiger partial charge in [0.15, 0.2) is 0 Å². The zero-order valence-electron chi connectivity index (χ0n) is 16.3. The number of aryl methyl sites for hydroxylation is 2. The molecule has 1 fully saturated rings. The highest BCUT2D eigenvalue weighted by Gasteiger charge is 2.36. The van der Waals surface area contributed by atoms with E-state index in [4.69, 9.17) is 0 Å². The molecule has 0 unspecified atom stereocenters. The lowest BCUT2D eigenvalue weighted by atomic mass is 10.0. The van der Waals surface area contributed by atoms with Gasteiger partial charge in [-0.2, -0.15) is 9.40 Å². The third-order valence-corrected chi connectivity index (χ3v) is 7.74. The van der Waals surface area contributed by atoms with E-state index in [1.807, 2.05) is 13.8 Å². The molecule has 1 aromatic carbocycles. The van der Waals surface area contributed by atoms with Crippen molar-refractivity contribution >= 4 is 15.9 Å². The minimum Gasteiger partial charge on any atom is -0.352 e. The van der Waals surface area contributed by atoms with Crippen LogP contribution in [0.25, 0.3) is 0 Å². The van der Waals surface area contributed by atoms with Crippen LogP contribution in [0.5, 0.6) is 0 Å². The van der Waals surface area contributed by atoms with Gasteiger partial charge in [0.1, 0.15) is 0 Å². The Morgan fingerprint density at radius 3 is 2.75 bits per heavy atom. The van der Waals surface area contributed by atoms with E-state index in [2.05, 4.69) is 15.5 Å². The number of benzene rings is 1. The number of carbonyl (C=O) groups excluding carboxylic acids is 1. The fraction of sp³-hybridized carbons (Fsp3) is 0.500. The molecule has 0 bridgehead atoms. The van der Waals surface area contributed by atoms with E-state index < -0.39 is 10.0 Å². The molecule has 1 saturated heterocycles. The second-order valence-electron chi connectivity index (χ2n) is 7.65. The summed E-state index contributed by atoms with van der Waals surface area (Å²) in [6, 6.07) is 4.72. The predicted octanol–water partition coefficient (Wildman–Crippen LogP) is 2.62. The fourth-order valence-electron chi connectivity index (χ4n) is 4.40. The molecule has 2 aromatic rings. The van der Waals surface area contributed by atoms with Crippen molar-refractivity contribution < 1.29 is 13.2 Å². The van der Waals surface area contributed by atoms with Crippen LogP contribution < -0.4 is 5.32 Å². The SMILES string of the molecule is Cc1n[nH]c(C)c1[C@@H]1CCCCCN1S(=O)(=O)c1ccc2c(c1)C(=O)NCC2. The summed E-state index contributed by atoms with van der Waals surface area (Å²) < 4.78 is 28.9. The van der Waals surface area contributed by atoms with Crippen LogP contribution in [-0.2, 0) is 16.4 Å². The summed E-state index contributed by atoms with van der Waals surface area (Å²) in [4.78, 5) is 12.4. The third kappa shape index (κ3) is 3.24. The molecule has 2 aliphatic rings. The number of sulfonamides is 1. The van der Waals surface area contributed by atoms with Crippen LogP contribution in [0.2, 0.25) is 0 Å². The summed E-state index contributed by atoms with van der Waals surface area (Å²) in [6.45, 7) is 4.91. The minimum absolute atomic E-state index is 0.189. The topological polar surface area (TPSA) is 95.2 Å². The molecule has 0 radical (unpaired) electrons. The molecule has 3 heterocycles. The first-order valence-corrected chi connectivity index (χ1v) is 11.3. The van der Waals surface area contributed by atoms with Crippen molar-refractivity contribution in [3.05, 3.63) is 46.3 Å². The Balaban J connectivity index is 1.78. The van der Waals surface area contributed by atoms with Crippen molar-refractivity contribution in [2.75, 3.05) is 13.1 Å². The number of hydrogen-bond acceptors (Lipinski definition) is 4. The molecule has 1 atom stereocenters. The van der Waals surface area contributed by atoms with Gasteiger partial charge in [-0.25, -0.2) is 8.42 Å². The number of carbonyl (C=O) groups is 1. The monoisotopic (exact) mass is 402 g/mol. The molecule has 8 heteroatoms. The van der Waals surface area contributed by atoms with Gasteiger partial charge in [-0.15, -0.1) is 0 Å². The Morgan fingerprint density at radius 1 is 1.18 bits per heavy atom. The molecule has 2 N–H and O–H groups in total. The maximum atomic E-state index is 13.6. The lowest BCUT2D eigenvalue weighted by Crippen LogP contribution is -2.36. The second kappa shape index (κ2) is 7.33. The van der Waals surface area contributed by atoms with Gasteiger partial charge in [0, 0.05) is 29.9 Å². The number of H-pyrrole nitrogens is 1. The van der Waals surface area contributed by atoms with Crippen molar-refractivity contribution in [1.29, 1.82) is 0 Å². The van der Waals surface area contributed by atoms with E-state index in [0.717, 1.165) is 54.6 Å². The number of hydrogen-bond donors (Lipinski definition) is 2. The zero-order valence-corrected chi connectivity index (χ0v) is 17.1. The number of fused-ring (bicyclic) bond motifs is 1. The van der Waals surface area contributed by atoms with Crippen molar-refractivity contribution in [3.63, 3.8) is 0 Å². The highest BCUT2D eigenvalue weighted by Crippen LogP contribution is 2.37. The molecular formula is C20H26N4O3S. The molecule has 0 aliphatic carbocycles. The van der Waals surface area contributed by atoms with Gasteiger partial charge in [0.05, 0.1) is 16.6 Å². The number of amides is 1. The average molecular weight is 403 g/mol. The maximum Gasteiger partial charge on any atom is 0.251 e. The van der Waals surface area contributed by atoms with Gasteiger partial charge in [-0.1, -0.05) is 18.9 Å². The van der Waals surface area contributed by atoms with Crippen LogP contribution in [-0.4, -0.2) is 41.9 Å². The summed E-state index contributed by atoms with van der Waals surface area (Å²) in [5.74, 6) is -0.202. The minimum atomic E-state index is -3.74. The lowest BCUT2D eigenvalue weighted by molar-refractivity contribution is 0.0945. The first kappa shape index (κ1) is 19.1. The molecule has 1 amide bonds. The van der Waals surface area contributed by atoms with Gasteiger partial charge in [-0.3, -0.25) is 9.89 Å². The normalized spacial score (nSPS) is 21.1. The van der Waals surface area contributed by atoms with Crippen LogP contribution in [0.3, 0.4) is 0 Å². The van der Waals surface area contributed by atoms with E-state index in [9.17, 15) is 13.2 Å². The maximum absolute atomic E-state index is 13.6. The third-order valence-electron chi connectivity index (χ3n) is 5.83. The van der Waals surface area contributed by atoms with Crippen LogP contribution in [0.15, 0.2) is 23.1 Å². The first-order valence-electron chi connectivity index (χ1n) is 9.84. The van der Waals surface area contributed by atoms with Gasteiger partial charge >= 0.3 is 0 Å². The number of nitrogens with one attached hydrogen (secondary N) is 2. The van der Waals surface area contributed by atoms with Gasteiger partial charge in [0.2, 0.25) is 10.0 Å². The van der Waals surface area contributed by atoms with Crippen molar-refractivity contribution in [2.45, 2.75) is 56.9 Å². The molecule has 1 aromatic heterocycles. The zero-order chi connectivity index (χ0) is 19.9. The van der Waals surface area contributed by atoms with Gasteiger partial charge in [0.25, 0.3) is 5.91 Å². The van der Waals surface area contributed by atoms with E-state index in [1.165, 1.54) is 6.07 Å². The molecule has 7 nitrogen and oxygen atoms in total. The van der Waals surface area contributed by atoms with Gasteiger partial charge < -0.3 is 5.32 Å². The van der Waals surface area contributed by atoms with E-state index in [1.54, 1.807) is 16.4 Å². The van der Waals surface area contributed by atoms with Crippen molar-refractivity contribution in [3.8, 4) is 0 Å². The molecule has 2 aliphatic heterocycles. The number of aromatic nitrogens is 2. The first-order chi connectivity index (χ1) is 13.4. The standard InChI is InChI=1S/C20H26N4O3S/c1-13-19(14(2)23-22-13)18-6-4-3-5-11-24(18)28(26,27)16-8-7-15-9-10-21-20(25)17(15)12-16/h7-8,12,18H,3-6,9-11H2,1-2H3,(H,21,25)(H,22,23)/t18-/m0/s1. The molecule has 4 rings (SSSR count). The van der Waals surface area contributed by atoms with Crippen molar-refractivity contribution in [2.24, 2.45) is 0 Å². The van der Waals surface area contributed by atoms with E-state index in [0.29, 0.717) is 18.7 Å². The number of nitrogens with zero attached hydrogens (tertiary/aromatic N) is 2. The Labute approximate surface area is 165 Å². The second-order valence-corrected chi connectivity index (χ2v) is 9.54. The average Bonchev–Trinajstić information content (AvgIpc) is 2.86. The predicted molar refractivity (Wildman–Crippen MR) is 106 cm³/mol. The molecular weight excluding hydrogens is 376 g/mol. The summed E-state index contributed by atoms with van der Waals surface area (Å²) in [7, 11) is -3.74. The van der Waals surface area contributed by atoms with Crippen LogP contribution in [0, 0.1) is 13.8 Å². The van der Waals surface area contributed by atoms with E-state index in [-0.39, 0.29) is 16.8 Å². The molecule has 0 spiro atoms. The molecule has 150 valence electrons. The Kier molecular flexibility index (Phi) is 5.01. The number of rotatable bonds is 3. The van der Waals surface area contributed by atoms with Crippen LogP contribution in [0.1, 0.15) is 64.6 Å². The summed E-state index contributed by atoms with van der Waals surface area (Å²) in [6.07, 6.45) is 4.31. The number of aromatic amines is 1. The largest absolute Gasteiger partial charge is 0.352 e. The Hall–Kier alpha value is -2.19. The quantitative estimate of drug-likeness (QED) is 0.825. The van der Waals surface area contributed by atoms with Crippen LogP contribution in [0.4, 0.5) is 0 Å². The summed E-state index contributed by atoms with van der Waals surface area (Å²) in [5, 5.41) is 10.1. The van der Waals surface area contributed by atoms with Crippen LogP contribution >= 0.6 is 0 Å². The molecule has 28 heavy (non-hydrogen) atoms. The Morgan fingerprint density at radius 2 is 2.00 bits per heavy atom. The fourth-order valence-corrected chi connectivity index (χ4v) is 6.09. The lowest BCUT2D eigenvalue weighted by Gasteiger charge is -2.30. The smallest absolute Gasteiger partial charge is 0.251 e. The summed E-state index contributed by atoms with van der Waals surface area (Å²) in [5.41, 5.74) is 4.09. The van der Waals surface area contributed by atoms with Crippen molar-refractivity contribution in [1.82, 2.24) is 19.8 Å². The van der Waals surface area contributed by atoms with E-state index >= 15 is 0 Å². The Bertz CT molecular complexity index is 993. The highest BCUT2D eigenvalue weighted by molar-refractivity contribution is 7.89. The molecule has 0 saturated carbocycles. The summed E-state index contributed by atoms with van der Waals surface area (Å²) >= 11 is 0. The van der Waals surface area contributed by atoms with Gasteiger partial charge in [-0.05, 0) is 50.8 Å². The highest BCUT2D eigenvalue weighted by atomic mass is 32.2.